The van der Waals surface area contributed by atoms with E-state index in [-0.39, 0.29) is 35.2 Å². The molecular formula is C23H27N3O5S2. The molecule has 2 aliphatic rings. The van der Waals surface area contributed by atoms with Crippen molar-refractivity contribution in [1.29, 1.82) is 0 Å². The molecule has 8 nitrogen and oxygen atoms in total. The minimum atomic E-state index is -3.20. The summed E-state index contributed by atoms with van der Waals surface area (Å²) < 4.78 is 35.5. The zero-order valence-electron chi connectivity index (χ0n) is 19.0. The highest BCUT2D eigenvalue weighted by molar-refractivity contribution is 8.14. The average Bonchev–Trinajstić information content (AvgIpc) is 3.25. The first-order chi connectivity index (χ1) is 15.7. The summed E-state index contributed by atoms with van der Waals surface area (Å²) in [6, 6.07) is 10.4. The van der Waals surface area contributed by atoms with Gasteiger partial charge in [-0.25, -0.2) is 8.42 Å². The van der Waals surface area contributed by atoms with Gasteiger partial charge in [-0.1, -0.05) is 23.9 Å². The third kappa shape index (κ3) is 4.81. The maximum Gasteiger partial charge on any atom is 0.234 e. The second-order valence-corrected chi connectivity index (χ2v) is 11.2. The Morgan fingerprint density at radius 3 is 2.70 bits per heavy atom. The van der Waals surface area contributed by atoms with E-state index in [4.69, 9.17) is 14.5 Å². The summed E-state index contributed by atoms with van der Waals surface area (Å²) in [6.07, 6.45) is 0. The molecule has 0 bridgehead atoms. The quantitative estimate of drug-likeness (QED) is 0.666. The zero-order chi connectivity index (χ0) is 23.8. The molecular weight excluding hydrogens is 462 g/mol. The number of rotatable bonds is 6. The molecule has 2 aliphatic heterocycles. The van der Waals surface area contributed by atoms with Crippen molar-refractivity contribution in [3.05, 3.63) is 47.5 Å². The predicted molar refractivity (Wildman–Crippen MR) is 133 cm³/mol. The number of benzene rings is 2. The van der Waals surface area contributed by atoms with Crippen molar-refractivity contribution in [1.82, 2.24) is 0 Å². The van der Waals surface area contributed by atoms with Gasteiger partial charge in [0.15, 0.2) is 15.0 Å². The Morgan fingerprint density at radius 2 is 1.97 bits per heavy atom. The molecule has 33 heavy (non-hydrogen) atoms. The fraction of sp³-hybridized carbons (Fsp3) is 0.391. The molecule has 1 fully saturated rings. The SMILES string of the molecule is COc1ccc(OC)c(N2C(SCC(=O)Nc3cccc(C)c3C)=N[C@@H]3CS(=O)(=O)C[C@H]32)c1. The molecule has 2 aromatic rings. The van der Waals surface area contributed by atoms with Gasteiger partial charge in [0, 0.05) is 11.8 Å². The van der Waals surface area contributed by atoms with Crippen LogP contribution in [0.15, 0.2) is 41.4 Å². The standard InChI is InChI=1S/C23H27N3O5S2/c1-14-6-5-7-17(15(14)2)24-22(27)11-32-23-25-18-12-33(28,29)13-20(18)26(23)19-10-16(30-3)8-9-21(19)31-4/h5-10,18,20H,11-13H2,1-4H3,(H,24,27)/t18-,20-/m1/s1. The number of carbonyl (C=O) groups is 1. The van der Waals surface area contributed by atoms with E-state index in [0.717, 1.165) is 16.8 Å². The number of anilines is 2. The van der Waals surface area contributed by atoms with E-state index in [9.17, 15) is 13.2 Å². The molecule has 2 atom stereocenters. The Morgan fingerprint density at radius 1 is 1.18 bits per heavy atom. The molecule has 1 N–H and O–H groups in total. The number of sulfone groups is 1. The van der Waals surface area contributed by atoms with Gasteiger partial charge in [0.1, 0.15) is 11.5 Å². The molecule has 0 unspecified atom stereocenters. The Kier molecular flexibility index (Phi) is 6.58. The lowest BCUT2D eigenvalue weighted by Crippen LogP contribution is -2.39. The van der Waals surface area contributed by atoms with Crippen LogP contribution in [0.3, 0.4) is 0 Å². The van der Waals surface area contributed by atoms with E-state index in [2.05, 4.69) is 5.32 Å². The number of nitrogens with one attached hydrogen (secondary N) is 1. The van der Waals surface area contributed by atoms with Crippen molar-refractivity contribution in [3.63, 3.8) is 0 Å². The molecule has 0 aromatic heterocycles. The molecule has 176 valence electrons. The number of amidine groups is 1. The molecule has 1 amide bonds. The van der Waals surface area contributed by atoms with Crippen LogP contribution in [0.1, 0.15) is 11.1 Å². The highest BCUT2D eigenvalue weighted by Gasteiger charge is 2.48. The van der Waals surface area contributed by atoms with Gasteiger partial charge in [-0.15, -0.1) is 0 Å². The van der Waals surface area contributed by atoms with Gasteiger partial charge in [-0.3, -0.25) is 9.79 Å². The minimum absolute atomic E-state index is 0.000272. The van der Waals surface area contributed by atoms with Gasteiger partial charge in [0.05, 0.1) is 49.2 Å². The molecule has 0 spiro atoms. The Labute approximate surface area is 198 Å². The Balaban J connectivity index is 1.58. The molecule has 2 heterocycles. The van der Waals surface area contributed by atoms with Crippen LogP contribution >= 0.6 is 11.8 Å². The van der Waals surface area contributed by atoms with Crippen LogP contribution in [0.25, 0.3) is 0 Å². The predicted octanol–water partition coefficient (Wildman–Crippen LogP) is 3.03. The normalized spacial score (nSPS) is 20.8. The van der Waals surface area contributed by atoms with Gasteiger partial charge in [0.2, 0.25) is 5.91 Å². The molecule has 0 saturated carbocycles. The Hall–Kier alpha value is -2.72. The van der Waals surface area contributed by atoms with Gasteiger partial charge in [-0.05, 0) is 43.2 Å². The third-order valence-corrected chi connectivity index (χ3v) is 8.63. The zero-order valence-corrected chi connectivity index (χ0v) is 20.6. The maximum absolute atomic E-state index is 12.7. The lowest BCUT2D eigenvalue weighted by atomic mass is 10.1. The van der Waals surface area contributed by atoms with E-state index >= 15 is 0 Å². The summed E-state index contributed by atoms with van der Waals surface area (Å²) in [5.41, 5.74) is 3.58. The first-order valence-electron chi connectivity index (χ1n) is 10.5. The molecule has 1 saturated heterocycles. The largest absolute Gasteiger partial charge is 0.497 e. The third-order valence-electron chi connectivity index (χ3n) is 5.96. The maximum atomic E-state index is 12.7. The van der Waals surface area contributed by atoms with Gasteiger partial charge in [0.25, 0.3) is 0 Å². The lowest BCUT2D eigenvalue weighted by molar-refractivity contribution is -0.113. The lowest BCUT2D eigenvalue weighted by Gasteiger charge is -2.28. The number of ether oxygens (including phenoxy) is 2. The number of carbonyl (C=O) groups excluding carboxylic acids is 1. The highest BCUT2D eigenvalue weighted by Crippen LogP contribution is 2.41. The second kappa shape index (κ2) is 9.26. The summed E-state index contributed by atoms with van der Waals surface area (Å²) in [7, 11) is -0.0647. The van der Waals surface area contributed by atoms with Crippen molar-refractivity contribution in [3.8, 4) is 11.5 Å². The number of methoxy groups -OCH3 is 2. The Bertz CT molecular complexity index is 1210. The first kappa shape index (κ1) is 23.4. The number of hydrogen-bond donors (Lipinski definition) is 1. The van der Waals surface area contributed by atoms with Gasteiger partial charge < -0.3 is 19.7 Å². The van der Waals surface area contributed by atoms with Crippen LogP contribution in [-0.2, 0) is 14.6 Å². The van der Waals surface area contributed by atoms with Crippen LogP contribution in [0, 0.1) is 13.8 Å². The second-order valence-electron chi connectivity index (χ2n) is 8.12. The summed E-state index contributed by atoms with van der Waals surface area (Å²) in [6.45, 7) is 3.97. The fourth-order valence-corrected chi connectivity index (χ4v) is 6.86. The van der Waals surface area contributed by atoms with Crippen molar-refractivity contribution >= 4 is 44.0 Å². The van der Waals surface area contributed by atoms with E-state index in [1.807, 2.05) is 36.9 Å². The number of aryl methyl sites for hydroxylation is 1. The van der Waals surface area contributed by atoms with Crippen LogP contribution in [0.5, 0.6) is 11.5 Å². The van der Waals surface area contributed by atoms with Gasteiger partial charge in [-0.2, -0.15) is 0 Å². The average molecular weight is 490 g/mol. The van der Waals surface area contributed by atoms with Crippen molar-refractivity contribution in [2.75, 3.05) is 41.7 Å². The van der Waals surface area contributed by atoms with Crippen molar-refractivity contribution in [2.45, 2.75) is 25.9 Å². The number of nitrogens with zero attached hydrogens (tertiary/aromatic N) is 2. The number of aliphatic imine (C=N–C) groups is 1. The smallest absolute Gasteiger partial charge is 0.234 e. The van der Waals surface area contributed by atoms with E-state index in [1.54, 1.807) is 32.4 Å². The molecule has 0 radical (unpaired) electrons. The minimum Gasteiger partial charge on any atom is -0.497 e. The number of hydrogen-bond acceptors (Lipinski definition) is 8. The summed E-state index contributed by atoms with van der Waals surface area (Å²) in [5.74, 6) is 1.18. The molecule has 4 rings (SSSR count). The summed E-state index contributed by atoms with van der Waals surface area (Å²) in [5, 5.41) is 3.56. The number of thioether (sulfide) groups is 1. The van der Waals surface area contributed by atoms with Gasteiger partial charge >= 0.3 is 0 Å². The van der Waals surface area contributed by atoms with Crippen molar-refractivity contribution in [2.24, 2.45) is 4.99 Å². The number of fused-ring (bicyclic) bond motifs is 1. The number of amides is 1. The van der Waals surface area contributed by atoms with E-state index in [1.165, 1.54) is 11.8 Å². The summed E-state index contributed by atoms with van der Waals surface area (Å²) in [4.78, 5) is 19.3. The summed E-state index contributed by atoms with van der Waals surface area (Å²) >= 11 is 1.29. The van der Waals surface area contributed by atoms with Crippen LogP contribution in [0.4, 0.5) is 11.4 Å². The molecule has 10 heteroatoms. The van der Waals surface area contributed by atoms with E-state index < -0.39 is 9.84 Å². The molecule has 2 aromatic carbocycles. The first-order valence-corrected chi connectivity index (χ1v) is 13.3. The van der Waals surface area contributed by atoms with E-state index in [0.29, 0.717) is 22.4 Å². The van der Waals surface area contributed by atoms with Crippen molar-refractivity contribution < 1.29 is 22.7 Å². The monoisotopic (exact) mass is 489 g/mol. The topological polar surface area (TPSA) is 97.3 Å². The van der Waals surface area contributed by atoms with Crippen LogP contribution in [-0.4, -0.2) is 63.1 Å². The van der Waals surface area contributed by atoms with Crippen LogP contribution < -0.4 is 19.7 Å². The van der Waals surface area contributed by atoms with Crippen LogP contribution in [0.2, 0.25) is 0 Å². The molecule has 0 aliphatic carbocycles. The fourth-order valence-electron chi connectivity index (χ4n) is 4.10. The highest BCUT2D eigenvalue weighted by atomic mass is 32.2.